The molecular weight excluding hydrogens is 281 g/mol. The number of alkyl halides is 3. The van der Waals surface area contributed by atoms with Crippen molar-refractivity contribution < 1.29 is 32.2 Å². The van der Waals surface area contributed by atoms with Crippen LogP contribution in [0.3, 0.4) is 0 Å². The van der Waals surface area contributed by atoms with Crippen LogP contribution in [0.5, 0.6) is 11.5 Å². The summed E-state index contributed by atoms with van der Waals surface area (Å²) >= 11 is 0. The van der Waals surface area contributed by atoms with Crippen molar-refractivity contribution in [3.63, 3.8) is 0 Å². The molecule has 0 fully saturated rings. The van der Waals surface area contributed by atoms with Crippen molar-refractivity contribution in [1.82, 2.24) is 0 Å². The molecular formula is C12H7F3O5. The van der Waals surface area contributed by atoms with Gasteiger partial charge in [-0.25, -0.2) is 4.79 Å². The van der Waals surface area contributed by atoms with Crippen molar-refractivity contribution in [3.8, 4) is 11.5 Å². The molecule has 5 nitrogen and oxygen atoms in total. The fourth-order valence-electron chi connectivity index (χ4n) is 1.63. The van der Waals surface area contributed by atoms with Crippen LogP contribution in [0.1, 0.15) is 10.4 Å². The summed E-state index contributed by atoms with van der Waals surface area (Å²) in [5.41, 5.74) is -3.19. The normalized spacial score (nSPS) is 11.6. The van der Waals surface area contributed by atoms with Crippen LogP contribution in [-0.2, 0) is 0 Å². The van der Waals surface area contributed by atoms with Crippen molar-refractivity contribution in [2.45, 2.75) is 6.18 Å². The summed E-state index contributed by atoms with van der Waals surface area (Å²) in [6.45, 7) is 0. The summed E-state index contributed by atoms with van der Waals surface area (Å²) in [4.78, 5) is 22.6. The molecule has 0 unspecified atom stereocenters. The first-order valence-corrected chi connectivity index (χ1v) is 5.21. The zero-order valence-electron chi connectivity index (χ0n) is 9.95. The molecule has 0 saturated carbocycles. The highest BCUT2D eigenvalue weighted by Gasteiger charge is 2.43. The number of benzene rings is 1. The molecule has 0 amide bonds. The summed E-state index contributed by atoms with van der Waals surface area (Å²) in [5.74, 6) is -3.25. The molecule has 0 saturated heterocycles. The third-order valence-corrected chi connectivity index (χ3v) is 2.57. The van der Waals surface area contributed by atoms with E-state index in [2.05, 4.69) is 4.42 Å². The Morgan fingerprint density at radius 2 is 2.00 bits per heavy atom. The number of fused-ring (bicyclic) bond motifs is 1. The van der Waals surface area contributed by atoms with Gasteiger partial charge in [-0.3, -0.25) is 4.79 Å². The maximum atomic E-state index is 12.4. The van der Waals surface area contributed by atoms with Crippen LogP contribution in [0.15, 0.2) is 27.4 Å². The molecule has 1 heterocycles. The number of Topliss-reactive ketones (excluding diaryl/α,β-unsaturated/α-hetero) is 1. The second-order valence-electron chi connectivity index (χ2n) is 3.80. The van der Waals surface area contributed by atoms with E-state index in [1.165, 1.54) is 25.3 Å². The predicted octanol–water partition coefficient (Wildman–Crippen LogP) is 2.25. The van der Waals surface area contributed by atoms with Crippen molar-refractivity contribution in [2.24, 2.45) is 0 Å². The Labute approximate surface area is 109 Å². The average Bonchev–Trinajstić information content (AvgIpc) is 2.36. The van der Waals surface area contributed by atoms with Crippen molar-refractivity contribution >= 4 is 16.8 Å². The molecule has 0 spiro atoms. The van der Waals surface area contributed by atoms with Gasteiger partial charge in [0.25, 0.3) is 5.78 Å². The van der Waals surface area contributed by atoms with Gasteiger partial charge in [-0.1, -0.05) is 0 Å². The van der Waals surface area contributed by atoms with E-state index in [-0.39, 0.29) is 16.7 Å². The molecule has 0 aliphatic heterocycles. The van der Waals surface area contributed by atoms with Gasteiger partial charge in [-0.2, -0.15) is 13.2 Å². The van der Waals surface area contributed by atoms with E-state index in [0.29, 0.717) is 0 Å². The first kappa shape index (κ1) is 13.9. The maximum Gasteiger partial charge on any atom is 0.455 e. The summed E-state index contributed by atoms with van der Waals surface area (Å²) in [5, 5.41) is 9.51. The number of hydrogen-bond donors (Lipinski definition) is 1. The fourth-order valence-corrected chi connectivity index (χ4v) is 1.63. The SMILES string of the molecule is COc1ccc2c(O)c(C(=O)C(F)(F)F)c(=O)oc2c1. The smallest absolute Gasteiger partial charge is 0.455 e. The van der Waals surface area contributed by atoms with Gasteiger partial charge in [-0.05, 0) is 12.1 Å². The molecule has 0 aliphatic rings. The largest absolute Gasteiger partial charge is 0.506 e. The van der Waals surface area contributed by atoms with Crippen LogP contribution in [0.4, 0.5) is 13.2 Å². The zero-order chi connectivity index (χ0) is 15.1. The minimum atomic E-state index is -5.29. The molecule has 20 heavy (non-hydrogen) atoms. The lowest BCUT2D eigenvalue weighted by Gasteiger charge is -2.08. The number of carbonyl (C=O) groups is 1. The Hall–Kier alpha value is -2.51. The zero-order valence-corrected chi connectivity index (χ0v) is 9.95. The van der Waals surface area contributed by atoms with Crippen LogP contribution in [0.2, 0.25) is 0 Å². The molecule has 1 N–H and O–H groups in total. The van der Waals surface area contributed by atoms with Gasteiger partial charge in [0.2, 0.25) is 0 Å². The van der Waals surface area contributed by atoms with Crippen LogP contribution in [0, 0.1) is 0 Å². The second kappa shape index (κ2) is 4.55. The lowest BCUT2D eigenvalue weighted by molar-refractivity contribution is -0.0888. The fraction of sp³-hybridized carbons (Fsp3) is 0.167. The summed E-state index contributed by atoms with van der Waals surface area (Å²) < 4.78 is 46.5. The van der Waals surface area contributed by atoms with E-state index in [1.54, 1.807) is 0 Å². The van der Waals surface area contributed by atoms with Crippen LogP contribution in [-0.4, -0.2) is 24.2 Å². The lowest BCUT2D eigenvalue weighted by Crippen LogP contribution is -2.28. The number of aromatic hydroxyl groups is 1. The Balaban J connectivity index is 2.77. The molecule has 2 aromatic rings. The van der Waals surface area contributed by atoms with Crippen molar-refractivity contribution in [2.75, 3.05) is 7.11 Å². The van der Waals surface area contributed by atoms with Gasteiger partial charge >= 0.3 is 11.8 Å². The Morgan fingerprint density at radius 1 is 1.35 bits per heavy atom. The Morgan fingerprint density at radius 3 is 2.55 bits per heavy atom. The molecule has 0 atom stereocenters. The molecule has 1 aromatic heterocycles. The van der Waals surface area contributed by atoms with Gasteiger partial charge in [0.1, 0.15) is 17.1 Å². The predicted molar refractivity (Wildman–Crippen MR) is 61.1 cm³/mol. The lowest BCUT2D eigenvalue weighted by atomic mass is 10.1. The maximum absolute atomic E-state index is 12.4. The summed E-state index contributed by atoms with van der Waals surface area (Å²) in [6, 6.07) is 3.72. The van der Waals surface area contributed by atoms with E-state index in [4.69, 9.17) is 4.74 Å². The highest BCUT2D eigenvalue weighted by Crippen LogP contribution is 2.32. The number of ketones is 1. The number of rotatable bonds is 2. The van der Waals surface area contributed by atoms with E-state index < -0.39 is 28.9 Å². The number of hydrogen-bond acceptors (Lipinski definition) is 5. The van der Waals surface area contributed by atoms with E-state index in [0.717, 1.165) is 0 Å². The number of ether oxygens (including phenoxy) is 1. The van der Waals surface area contributed by atoms with Crippen molar-refractivity contribution in [1.29, 1.82) is 0 Å². The van der Waals surface area contributed by atoms with Gasteiger partial charge in [0, 0.05) is 6.07 Å². The third kappa shape index (κ3) is 2.20. The van der Waals surface area contributed by atoms with E-state index in [9.17, 15) is 27.9 Å². The van der Waals surface area contributed by atoms with Gasteiger partial charge in [0.05, 0.1) is 12.5 Å². The number of methoxy groups -OCH3 is 1. The average molecular weight is 288 g/mol. The van der Waals surface area contributed by atoms with Crippen LogP contribution < -0.4 is 10.4 Å². The molecule has 0 bridgehead atoms. The minimum Gasteiger partial charge on any atom is -0.506 e. The highest BCUT2D eigenvalue weighted by atomic mass is 19.4. The molecule has 106 valence electrons. The molecule has 2 rings (SSSR count). The summed E-state index contributed by atoms with van der Waals surface area (Å²) in [6.07, 6.45) is -5.29. The van der Waals surface area contributed by atoms with E-state index in [1.807, 2.05) is 0 Å². The van der Waals surface area contributed by atoms with Gasteiger partial charge in [-0.15, -0.1) is 0 Å². The minimum absolute atomic E-state index is 0.189. The van der Waals surface area contributed by atoms with Crippen LogP contribution in [0.25, 0.3) is 11.0 Å². The molecule has 8 heteroatoms. The van der Waals surface area contributed by atoms with Gasteiger partial charge in [0.15, 0.2) is 5.56 Å². The monoisotopic (exact) mass is 288 g/mol. The second-order valence-corrected chi connectivity index (χ2v) is 3.80. The third-order valence-electron chi connectivity index (χ3n) is 2.57. The first-order chi connectivity index (χ1) is 9.25. The van der Waals surface area contributed by atoms with Crippen molar-refractivity contribution in [3.05, 3.63) is 34.2 Å². The van der Waals surface area contributed by atoms with Crippen LogP contribution >= 0.6 is 0 Å². The molecule has 1 aromatic carbocycles. The number of halogens is 3. The highest BCUT2D eigenvalue weighted by molar-refractivity contribution is 6.05. The Kier molecular flexibility index (Phi) is 3.16. The number of carbonyl (C=O) groups excluding carboxylic acids is 1. The standard InChI is InChI=1S/C12H7F3O5/c1-19-5-2-3-6-7(4-5)20-11(18)8(9(6)16)10(17)12(13,14)15/h2-4,16H,1H3. The topological polar surface area (TPSA) is 76.7 Å². The summed E-state index contributed by atoms with van der Waals surface area (Å²) in [7, 11) is 1.33. The molecule has 0 radical (unpaired) electrons. The quantitative estimate of drug-likeness (QED) is 0.677. The molecule has 0 aliphatic carbocycles. The van der Waals surface area contributed by atoms with Gasteiger partial charge < -0.3 is 14.3 Å². The Bertz CT molecular complexity index is 745. The first-order valence-electron chi connectivity index (χ1n) is 5.21. The van der Waals surface area contributed by atoms with E-state index >= 15 is 0 Å².